The molecule has 1 N–H and O–H groups in total. The van der Waals surface area contributed by atoms with E-state index in [0.29, 0.717) is 24.4 Å². The molecule has 0 unspecified atom stereocenters. The smallest absolute Gasteiger partial charge is 0.257 e. The van der Waals surface area contributed by atoms with Gasteiger partial charge in [-0.3, -0.25) is 4.79 Å². The summed E-state index contributed by atoms with van der Waals surface area (Å²) in [6, 6.07) is 20.0. The highest BCUT2D eigenvalue weighted by Gasteiger charge is 2.23. The molecule has 6 heteroatoms. The molecular formula is C26H28N4O2. The number of nitrogens with zero attached hydrogens (tertiary/aromatic N) is 3. The third-order valence-electron chi connectivity index (χ3n) is 5.32. The van der Waals surface area contributed by atoms with Gasteiger partial charge in [0.1, 0.15) is 11.3 Å². The normalized spacial score (nSPS) is 10.8. The van der Waals surface area contributed by atoms with Crippen molar-refractivity contribution in [3.05, 3.63) is 95.4 Å². The first kappa shape index (κ1) is 21.4. The minimum Gasteiger partial charge on any atom is -0.494 e. The molecule has 0 fully saturated rings. The summed E-state index contributed by atoms with van der Waals surface area (Å²) in [7, 11) is 0. The van der Waals surface area contributed by atoms with Crippen LogP contribution < -0.4 is 10.1 Å². The molecule has 4 aromatic rings. The van der Waals surface area contributed by atoms with E-state index in [0.717, 1.165) is 29.2 Å². The van der Waals surface area contributed by atoms with Crippen molar-refractivity contribution >= 4 is 5.91 Å². The number of aryl methyl sites for hydroxylation is 2. The SMILES string of the molecule is CCOc1ccc(CCNC(=O)c2c(C)nn(-c3ccc(C)cc3)c2-n2cccc2)cc1. The van der Waals surface area contributed by atoms with Gasteiger partial charge in [0.25, 0.3) is 5.91 Å². The van der Waals surface area contributed by atoms with Crippen LogP contribution in [-0.4, -0.2) is 33.4 Å². The highest BCUT2D eigenvalue weighted by Crippen LogP contribution is 2.23. The summed E-state index contributed by atoms with van der Waals surface area (Å²) < 4.78 is 9.25. The lowest BCUT2D eigenvalue weighted by atomic mass is 10.1. The van der Waals surface area contributed by atoms with Crippen LogP contribution in [0, 0.1) is 13.8 Å². The number of amides is 1. The average molecular weight is 429 g/mol. The summed E-state index contributed by atoms with van der Waals surface area (Å²) in [6.45, 7) is 7.07. The van der Waals surface area contributed by atoms with Crippen LogP contribution in [-0.2, 0) is 6.42 Å². The lowest BCUT2D eigenvalue weighted by molar-refractivity contribution is 0.0953. The maximum Gasteiger partial charge on any atom is 0.257 e. The molecule has 2 aromatic heterocycles. The molecule has 0 aliphatic rings. The first-order chi connectivity index (χ1) is 15.6. The summed E-state index contributed by atoms with van der Waals surface area (Å²) in [4.78, 5) is 13.2. The zero-order chi connectivity index (χ0) is 22.5. The molecule has 0 spiro atoms. The number of rotatable bonds is 8. The second-order valence-electron chi connectivity index (χ2n) is 7.70. The minimum absolute atomic E-state index is 0.129. The van der Waals surface area contributed by atoms with Crippen LogP contribution in [0.4, 0.5) is 0 Å². The Morgan fingerprint density at radius 1 is 1.00 bits per heavy atom. The molecule has 1 amide bonds. The summed E-state index contributed by atoms with van der Waals surface area (Å²) >= 11 is 0. The first-order valence-electron chi connectivity index (χ1n) is 10.9. The molecule has 0 saturated carbocycles. The summed E-state index contributed by atoms with van der Waals surface area (Å²) in [6.07, 6.45) is 4.60. The van der Waals surface area contributed by atoms with Crippen molar-refractivity contribution in [1.29, 1.82) is 0 Å². The Hall–Kier alpha value is -3.80. The summed E-state index contributed by atoms with van der Waals surface area (Å²) in [5.74, 6) is 1.46. The van der Waals surface area contributed by atoms with Gasteiger partial charge in [0.2, 0.25) is 0 Å². The Kier molecular flexibility index (Phi) is 6.40. The van der Waals surface area contributed by atoms with Gasteiger partial charge in [-0.15, -0.1) is 0 Å². The molecule has 4 rings (SSSR count). The van der Waals surface area contributed by atoms with Gasteiger partial charge >= 0.3 is 0 Å². The number of nitrogens with one attached hydrogen (secondary N) is 1. The van der Waals surface area contributed by atoms with Gasteiger partial charge in [-0.2, -0.15) is 5.10 Å². The van der Waals surface area contributed by atoms with E-state index in [4.69, 9.17) is 9.84 Å². The average Bonchev–Trinajstić information content (AvgIpc) is 3.43. The van der Waals surface area contributed by atoms with Crippen LogP contribution in [0.2, 0.25) is 0 Å². The van der Waals surface area contributed by atoms with Gasteiger partial charge in [-0.25, -0.2) is 4.68 Å². The Morgan fingerprint density at radius 2 is 1.69 bits per heavy atom. The van der Waals surface area contributed by atoms with Crippen LogP contribution in [0.1, 0.15) is 34.1 Å². The zero-order valence-corrected chi connectivity index (χ0v) is 18.7. The Morgan fingerprint density at radius 3 is 2.34 bits per heavy atom. The largest absolute Gasteiger partial charge is 0.494 e. The maximum absolute atomic E-state index is 13.2. The quantitative estimate of drug-likeness (QED) is 0.444. The summed E-state index contributed by atoms with van der Waals surface area (Å²) in [5.41, 5.74) is 4.50. The molecule has 0 aliphatic carbocycles. The molecule has 6 nitrogen and oxygen atoms in total. The van der Waals surface area contributed by atoms with E-state index >= 15 is 0 Å². The molecule has 0 radical (unpaired) electrons. The lowest BCUT2D eigenvalue weighted by Crippen LogP contribution is -2.27. The fourth-order valence-corrected chi connectivity index (χ4v) is 3.69. The molecule has 0 atom stereocenters. The standard InChI is InChI=1S/C26H28N4O2/c1-4-32-23-13-9-21(10-14-23)15-16-27-25(31)24-20(3)28-30(22-11-7-19(2)8-12-22)26(24)29-17-5-6-18-29/h5-14,17-18H,4,15-16H2,1-3H3,(H,27,31). The van der Waals surface area contributed by atoms with Crippen LogP contribution >= 0.6 is 0 Å². The maximum atomic E-state index is 13.2. The van der Waals surface area contributed by atoms with E-state index in [1.165, 1.54) is 5.56 Å². The van der Waals surface area contributed by atoms with E-state index in [-0.39, 0.29) is 5.91 Å². The summed E-state index contributed by atoms with van der Waals surface area (Å²) in [5, 5.41) is 7.77. The van der Waals surface area contributed by atoms with Crippen molar-refractivity contribution in [2.75, 3.05) is 13.2 Å². The molecule has 0 bridgehead atoms. The second kappa shape index (κ2) is 9.56. The van der Waals surface area contributed by atoms with Gasteiger partial charge in [-0.05, 0) is 69.2 Å². The number of aromatic nitrogens is 3. The molecule has 164 valence electrons. The van der Waals surface area contributed by atoms with Gasteiger partial charge in [-0.1, -0.05) is 29.8 Å². The topological polar surface area (TPSA) is 61.1 Å². The number of carbonyl (C=O) groups excluding carboxylic acids is 1. The van der Waals surface area contributed by atoms with Crippen LogP contribution in [0.5, 0.6) is 5.75 Å². The molecule has 0 saturated heterocycles. The fraction of sp³-hybridized carbons (Fsp3) is 0.231. The van der Waals surface area contributed by atoms with Crippen molar-refractivity contribution in [1.82, 2.24) is 19.7 Å². The van der Waals surface area contributed by atoms with E-state index in [1.54, 1.807) is 0 Å². The monoisotopic (exact) mass is 428 g/mol. The van der Waals surface area contributed by atoms with Gasteiger partial charge in [0, 0.05) is 18.9 Å². The highest BCUT2D eigenvalue weighted by atomic mass is 16.5. The van der Waals surface area contributed by atoms with Crippen molar-refractivity contribution in [2.45, 2.75) is 27.2 Å². The highest BCUT2D eigenvalue weighted by molar-refractivity contribution is 5.98. The molecule has 0 aliphatic heterocycles. The van der Waals surface area contributed by atoms with Crippen LogP contribution in [0.15, 0.2) is 73.1 Å². The molecule has 2 heterocycles. The Labute approximate surface area is 188 Å². The number of ether oxygens (including phenoxy) is 1. The molecule has 2 aromatic carbocycles. The van der Waals surface area contributed by atoms with Crippen molar-refractivity contribution in [2.24, 2.45) is 0 Å². The third-order valence-corrected chi connectivity index (χ3v) is 5.32. The second-order valence-corrected chi connectivity index (χ2v) is 7.70. The van der Waals surface area contributed by atoms with Crippen molar-refractivity contribution in [3.8, 4) is 17.3 Å². The number of hydrogen-bond acceptors (Lipinski definition) is 3. The lowest BCUT2D eigenvalue weighted by Gasteiger charge is -2.12. The van der Waals surface area contributed by atoms with E-state index in [9.17, 15) is 4.79 Å². The number of benzene rings is 2. The predicted octanol–water partition coefficient (Wildman–Crippen LogP) is 4.65. The predicted molar refractivity (Wildman–Crippen MR) is 126 cm³/mol. The van der Waals surface area contributed by atoms with Crippen LogP contribution in [0.3, 0.4) is 0 Å². The van der Waals surface area contributed by atoms with Crippen molar-refractivity contribution in [3.63, 3.8) is 0 Å². The zero-order valence-electron chi connectivity index (χ0n) is 18.7. The number of hydrogen-bond donors (Lipinski definition) is 1. The molecular weight excluding hydrogens is 400 g/mol. The number of carbonyl (C=O) groups is 1. The third kappa shape index (κ3) is 4.59. The van der Waals surface area contributed by atoms with Gasteiger partial charge in [0.05, 0.1) is 18.0 Å². The Balaban J connectivity index is 1.56. The minimum atomic E-state index is -0.129. The van der Waals surface area contributed by atoms with Gasteiger partial charge in [0.15, 0.2) is 5.82 Å². The van der Waals surface area contributed by atoms with Crippen molar-refractivity contribution < 1.29 is 9.53 Å². The fourth-order valence-electron chi connectivity index (χ4n) is 3.69. The van der Waals surface area contributed by atoms with E-state index in [2.05, 4.69) is 5.32 Å². The van der Waals surface area contributed by atoms with Gasteiger partial charge < -0.3 is 14.6 Å². The van der Waals surface area contributed by atoms with E-state index in [1.807, 2.05) is 103 Å². The Bertz CT molecular complexity index is 1170. The van der Waals surface area contributed by atoms with E-state index < -0.39 is 0 Å². The molecule has 32 heavy (non-hydrogen) atoms. The van der Waals surface area contributed by atoms with Crippen LogP contribution in [0.25, 0.3) is 11.5 Å². The first-order valence-corrected chi connectivity index (χ1v) is 10.9.